The summed E-state index contributed by atoms with van der Waals surface area (Å²) in [5, 5.41) is 8.90. The van der Waals surface area contributed by atoms with E-state index in [1.54, 1.807) is 6.07 Å². The number of thiophene rings is 1. The minimum Gasteiger partial charge on any atom is -0.477 e. The highest BCUT2D eigenvalue weighted by atomic mass is 32.1. The Balaban J connectivity index is 2.05. The largest absolute Gasteiger partial charge is 0.477 e. The number of rotatable bonds is 3. The van der Waals surface area contributed by atoms with Crippen LogP contribution >= 0.6 is 11.3 Å². The Morgan fingerprint density at radius 2 is 2.06 bits per heavy atom. The van der Waals surface area contributed by atoms with Crippen LogP contribution in [0.3, 0.4) is 0 Å². The number of nitrogens with zero attached hydrogens (tertiary/aromatic N) is 1. The first kappa shape index (κ1) is 12.6. The van der Waals surface area contributed by atoms with Gasteiger partial charge in [-0.25, -0.2) is 4.79 Å². The lowest BCUT2D eigenvalue weighted by molar-refractivity contribution is 0.0702. The quantitative estimate of drug-likeness (QED) is 0.899. The Morgan fingerprint density at radius 1 is 1.41 bits per heavy atom. The Hall–Kier alpha value is -0.870. The van der Waals surface area contributed by atoms with Crippen molar-refractivity contribution in [2.45, 2.75) is 51.7 Å². The van der Waals surface area contributed by atoms with E-state index in [1.165, 1.54) is 30.6 Å². The molecule has 0 radical (unpaired) electrons. The van der Waals surface area contributed by atoms with Crippen LogP contribution in [0.15, 0.2) is 12.1 Å². The van der Waals surface area contributed by atoms with Crippen LogP contribution in [0.1, 0.15) is 47.7 Å². The lowest BCUT2D eigenvalue weighted by Gasteiger charge is -2.38. The monoisotopic (exact) mass is 253 g/mol. The maximum absolute atomic E-state index is 10.8. The van der Waals surface area contributed by atoms with Crippen molar-refractivity contribution in [2.24, 2.45) is 0 Å². The van der Waals surface area contributed by atoms with E-state index in [0.29, 0.717) is 17.0 Å². The minimum atomic E-state index is -0.819. The first-order valence-corrected chi connectivity index (χ1v) is 6.97. The van der Waals surface area contributed by atoms with Gasteiger partial charge < -0.3 is 5.11 Å². The maximum Gasteiger partial charge on any atom is 0.345 e. The molecule has 1 aliphatic heterocycles. The van der Waals surface area contributed by atoms with E-state index in [4.69, 9.17) is 5.11 Å². The SMILES string of the molecule is CC1CCCC(C)N1Cc1ccc(C(=O)O)s1. The number of hydrogen-bond donors (Lipinski definition) is 1. The third-order valence-electron chi connectivity index (χ3n) is 3.59. The number of likely N-dealkylation sites (tertiary alicyclic amines) is 1. The van der Waals surface area contributed by atoms with Gasteiger partial charge in [0.05, 0.1) is 0 Å². The minimum absolute atomic E-state index is 0.442. The molecule has 0 aliphatic carbocycles. The van der Waals surface area contributed by atoms with Crippen LogP contribution in [0.4, 0.5) is 0 Å². The van der Waals surface area contributed by atoms with Gasteiger partial charge in [0.1, 0.15) is 4.88 Å². The van der Waals surface area contributed by atoms with Crippen molar-refractivity contribution in [3.05, 3.63) is 21.9 Å². The molecule has 1 N–H and O–H groups in total. The van der Waals surface area contributed by atoms with E-state index < -0.39 is 5.97 Å². The molecule has 1 saturated heterocycles. The third-order valence-corrected chi connectivity index (χ3v) is 4.64. The molecule has 1 aromatic rings. The molecule has 2 atom stereocenters. The van der Waals surface area contributed by atoms with E-state index in [9.17, 15) is 4.79 Å². The van der Waals surface area contributed by atoms with Gasteiger partial charge in [-0.15, -0.1) is 11.3 Å². The molecule has 17 heavy (non-hydrogen) atoms. The van der Waals surface area contributed by atoms with Crippen LogP contribution in [-0.2, 0) is 6.54 Å². The van der Waals surface area contributed by atoms with Gasteiger partial charge in [0.15, 0.2) is 0 Å². The molecule has 2 rings (SSSR count). The number of aromatic carboxylic acids is 1. The van der Waals surface area contributed by atoms with E-state index in [2.05, 4.69) is 18.7 Å². The van der Waals surface area contributed by atoms with Crippen LogP contribution < -0.4 is 0 Å². The molecule has 2 heterocycles. The van der Waals surface area contributed by atoms with Crippen LogP contribution in [0.25, 0.3) is 0 Å². The fraction of sp³-hybridized carbons (Fsp3) is 0.615. The summed E-state index contributed by atoms with van der Waals surface area (Å²) >= 11 is 1.40. The zero-order chi connectivity index (χ0) is 12.4. The summed E-state index contributed by atoms with van der Waals surface area (Å²) in [6.45, 7) is 5.42. The van der Waals surface area contributed by atoms with E-state index in [-0.39, 0.29) is 0 Å². The molecular formula is C13H19NO2S. The van der Waals surface area contributed by atoms with Gasteiger partial charge in [-0.3, -0.25) is 4.90 Å². The molecule has 0 saturated carbocycles. The smallest absolute Gasteiger partial charge is 0.345 e. The molecule has 2 unspecified atom stereocenters. The fourth-order valence-corrected chi connectivity index (χ4v) is 3.40. The molecule has 4 heteroatoms. The first-order valence-electron chi connectivity index (χ1n) is 6.15. The highest BCUT2D eigenvalue weighted by molar-refractivity contribution is 7.13. The summed E-state index contributed by atoms with van der Waals surface area (Å²) in [5.74, 6) is -0.819. The molecule has 0 spiro atoms. The molecule has 94 valence electrons. The number of hydrogen-bond acceptors (Lipinski definition) is 3. The van der Waals surface area contributed by atoms with E-state index >= 15 is 0 Å². The Bertz CT molecular complexity index is 392. The normalized spacial score (nSPS) is 26.0. The topological polar surface area (TPSA) is 40.5 Å². The van der Waals surface area contributed by atoms with E-state index in [1.807, 2.05) is 6.07 Å². The van der Waals surface area contributed by atoms with Crippen LogP contribution in [0, 0.1) is 0 Å². The summed E-state index contributed by atoms with van der Waals surface area (Å²) in [6, 6.07) is 4.87. The van der Waals surface area contributed by atoms with Gasteiger partial charge in [-0.05, 0) is 38.8 Å². The van der Waals surface area contributed by atoms with Crippen molar-refractivity contribution in [3.63, 3.8) is 0 Å². The number of piperidine rings is 1. The molecule has 0 aromatic carbocycles. The van der Waals surface area contributed by atoms with E-state index in [0.717, 1.165) is 11.4 Å². The van der Waals surface area contributed by atoms with Gasteiger partial charge in [0.2, 0.25) is 0 Å². The molecule has 1 fully saturated rings. The summed E-state index contributed by atoms with van der Waals surface area (Å²) in [4.78, 5) is 14.9. The maximum atomic E-state index is 10.8. The van der Waals surface area contributed by atoms with Gasteiger partial charge in [-0.2, -0.15) is 0 Å². The van der Waals surface area contributed by atoms with Crippen molar-refractivity contribution >= 4 is 17.3 Å². The highest BCUT2D eigenvalue weighted by Gasteiger charge is 2.25. The van der Waals surface area contributed by atoms with Crippen molar-refractivity contribution in [1.82, 2.24) is 4.90 Å². The lowest BCUT2D eigenvalue weighted by Crippen LogP contribution is -2.42. The zero-order valence-corrected chi connectivity index (χ0v) is 11.2. The lowest BCUT2D eigenvalue weighted by atomic mass is 9.97. The average molecular weight is 253 g/mol. The zero-order valence-electron chi connectivity index (χ0n) is 10.3. The van der Waals surface area contributed by atoms with Crippen LogP contribution in [0.2, 0.25) is 0 Å². The summed E-state index contributed by atoms with van der Waals surface area (Å²) in [5.41, 5.74) is 0. The number of carbonyl (C=O) groups is 1. The summed E-state index contributed by atoms with van der Waals surface area (Å²) < 4.78 is 0. The second-order valence-corrected chi connectivity index (χ2v) is 6.04. The highest BCUT2D eigenvalue weighted by Crippen LogP contribution is 2.27. The number of carboxylic acid groups (broad SMARTS) is 1. The van der Waals surface area contributed by atoms with Crippen molar-refractivity contribution in [3.8, 4) is 0 Å². The van der Waals surface area contributed by atoms with Crippen LogP contribution in [0.5, 0.6) is 0 Å². The molecule has 0 amide bonds. The second kappa shape index (κ2) is 5.19. The standard InChI is InChI=1S/C13H19NO2S/c1-9-4-3-5-10(2)14(9)8-11-6-7-12(17-11)13(15)16/h6-7,9-10H,3-5,8H2,1-2H3,(H,15,16). The van der Waals surface area contributed by atoms with Crippen molar-refractivity contribution in [2.75, 3.05) is 0 Å². The van der Waals surface area contributed by atoms with Gasteiger partial charge >= 0.3 is 5.97 Å². The van der Waals surface area contributed by atoms with Gasteiger partial charge in [0, 0.05) is 23.5 Å². The first-order chi connectivity index (χ1) is 8.08. The summed E-state index contributed by atoms with van der Waals surface area (Å²) in [7, 11) is 0. The molecule has 1 aliphatic rings. The van der Waals surface area contributed by atoms with Gasteiger partial charge in [0.25, 0.3) is 0 Å². The van der Waals surface area contributed by atoms with Crippen LogP contribution in [-0.4, -0.2) is 28.1 Å². The molecule has 3 nitrogen and oxygen atoms in total. The Labute approximate surface area is 106 Å². The predicted octanol–water partition coefficient (Wildman–Crippen LogP) is 3.21. The van der Waals surface area contributed by atoms with Crippen molar-refractivity contribution < 1.29 is 9.90 Å². The van der Waals surface area contributed by atoms with Gasteiger partial charge in [-0.1, -0.05) is 6.42 Å². The Kier molecular flexibility index (Phi) is 3.84. The number of carboxylic acids is 1. The fourth-order valence-electron chi connectivity index (χ4n) is 2.54. The molecular weight excluding hydrogens is 234 g/mol. The average Bonchev–Trinajstić information content (AvgIpc) is 2.72. The molecule has 1 aromatic heterocycles. The van der Waals surface area contributed by atoms with Crippen molar-refractivity contribution in [1.29, 1.82) is 0 Å². The predicted molar refractivity (Wildman–Crippen MR) is 69.6 cm³/mol. The second-order valence-electron chi connectivity index (χ2n) is 4.87. The molecule has 0 bridgehead atoms. The summed E-state index contributed by atoms with van der Waals surface area (Å²) in [6.07, 6.45) is 3.81. The Morgan fingerprint density at radius 3 is 2.59 bits per heavy atom. The third kappa shape index (κ3) is 2.87.